The summed E-state index contributed by atoms with van der Waals surface area (Å²) in [6.07, 6.45) is -1.35. The molecule has 210 valence electrons. The fourth-order valence-corrected chi connectivity index (χ4v) is 5.81. The molecule has 11 heteroatoms. The SMILES string of the molecule is O=[N+]([O-])C=C(Nc1ccc(OC(F)(F)F)cc1)N1CCCC(C2c3ccc(F)cc3CCc3cc(F)ccc32)C1. The van der Waals surface area contributed by atoms with E-state index in [1.807, 2.05) is 4.90 Å². The molecular formula is C29H26F5N3O3. The van der Waals surface area contributed by atoms with Crippen LogP contribution >= 0.6 is 0 Å². The normalized spacial score (nSPS) is 18.0. The van der Waals surface area contributed by atoms with E-state index in [1.165, 1.54) is 36.4 Å². The molecular weight excluding hydrogens is 533 g/mol. The number of fused-ring (bicyclic) bond motifs is 2. The first kappa shape index (κ1) is 27.4. The zero-order valence-electron chi connectivity index (χ0n) is 21.3. The molecule has 1 saturated heterocycles. The minimum atomic E-state index is -4.83. The molecule has 1 heterocycles. The van der Waals surface area contributed by atoms with Crippen molar-refractivity contribution in [1.29, 1.82) is 0 Å². The first-order valence-corrected chi connectivity index (χ1v) is 12.9. The van der Waals surface area contributed by atoms with Crippen molar-refractivity contribution in [3.63, 3.8) is 0 Å². The maximum atomic E-state index is 14.2. The van der Waals surface area contributed by atoms with Crippen molar-refractivity contribution >= 4 is 5.69 Å². The minimum absolute atomic E-state index is 0.0280. The molecule has 1 atom stereocenters. The lowest BCUT2D eigenvalue weighted by Crippen LogP contribution is -2.40. The Labute approximate surface area is 227 Å². The predicted molar refractivity (Wildman–Crippen MR) is 138 cm³/mol. The van der Waals surface area contributed by atoms with Gasteiger partial charge in [0.25, 0.3) is 6.20 Å². The molecule has 6 nitrogen and oxygen atoms in total. The van der Waals surface area contributed by atoms with E-state index in [-0.39, 0.29) is 29.3 Å². The van der Waals surface area contributed by atoms with Gasteiger partial charge in [0.05, 0.1) is 4.92 Å². The number of anilines is 1. The van der Waals surface area contributed by atoms with Gasteiger partial charge in [0, 0.05) is 24.7 Å². The minimum Gasteiger partial charge on any atom is -0.406 e. The van der Waals surface area contributed by atoms with Crippen LogP contribution in [0.5, 0.6) is 5.75 Å². The highest BCUT2D eigenvalue weighted by atomic mass is 19.4. The fraction of sp³-hybridized carbons (Fsp3) is 0.310. The number of benzene rings is 3. The van der Waals surface area contributed by atoms with E-state index >= 15 is 0 Å². The van der Waals surface area contributed by atoms with E-state index in [4.69, 9.17) is 0 Å². The fourth-order valence-electron chi connectivity index (χ4n) is 5.81. The first-order valence-electron chi connectivity index (χ1n) is 12.9. The number of piperidine rings is 1. The number of likely N-dealkylation sites (tertiary alicyclic amines) is 1. The number of hydrogen-bond acceptors (Lipinski definition) is 5. The van der Waals surface area contributed by atoms with Gasteiger partial charge < -0.3 is 15.0 Å². The van der Waals surface area contributed by atoms with Crippen LogP contribution in [0.3, 0.4) is 0 Å². The van der Waals surface area contributed by atoms with Gasteiger partial charge in [0.1, 0.15) is 17.4 Å². The topological polar surface area (TPSA) is 67.6 Å². The lowest BCUT2D eigenvalue weighted by atomic mass is 9.75. The Morgan fingerprint density at radius 3 is 2.12 bits per heavy atom. The van der Waals surface area contributed by atoms with Crippen LogP contribution in [-0.2, 0) is 12.8 Å². The van der Waals surface area contributed by atoms with Crippen molar-refractivity contribution in [1.82, 2.24) is 4.90 Å². The molecule has 1 aliphatic heterocycles. The van der Waals surface area contributed by atoms with Crippen LogP contribution < -0.4 is 10.1 Å². The van der Waals surface area contributed by atoms with Gasteiger partial charge in [-0.2, -0.15) is 0 Å². The maximum absolute atomic E-state index is 14.2. The molecule has 0 bridgehead atoms. The lowest BCUT2D eigenvalue weighted by Gasteiger charge is -2.39. The summed E-state index contributed by atoms with van der Waals surface area (Å²) in [4.78, 5) is 12.8. The van der Waals surface area contributed by atoms with E-state index in [0.29, 0.717) is 38.0 Å². The molecule has 1 fully saturated rings. The van der Waals surface area contributed by atoms with Gasteiger partial charge in [0.2, 0.25) is 0 Å². The Kier molecular flexibility index (Phi) is 7.64. The largest absolute Gasteiger partial charge is 0.573 e. The van der Waals surface area contributed by atoms with Crippen LogP contribution in [0.2, 0.25) is 0 Å². The molecule has 0 amide bonds. The third-order valence-electron chi connectivity index (χ3n) is 7.40. The van der Waals surface area contributed by atoms with Gasteiger partial charge in [-0.05, 0) is 102 Å². The lowest BCUT2D eigenvalue weighted by molar-refractivity contribution is -0.404. The highest BCUT2D eigenvalue weighted by molar-refractivity contribution is 5.50. The number of nitrogens with one attached hydrogen (secondary N) is 1. The number of ether oxygens (including phenoxy) is 1. The maximum Gasteiger partial charge on any atom is 0.573 e. The molecule has 0 saturated carbocycles. The second-order valence-electron chi connectivity index (χ2n) is 10.0. The highest BCUT2D eigenvalue weighted by Gasteiger charge is 2.35. The quantitative estimate of drug-likeness (QED) is 0.200. The van der Waals surface area contributed by atoms with E-state index < -0.39 is 17.0 Å². The number of nitro groups is 1. The summed E-state index contributed by atoms with van der Waals surface area (Å²) in [5.74, 6) is -1.10. The number of nitrogens with zero attached hydrogens (tertiary/aromatic N) is 2. The molecule has 0 spiro atoms. The average molecular weight is 560 g/mol. The second-order valence-corrected chi connectivity index (χ2v) is 10.0. The van der Waals surface area contributed by atoms with E-state index in [2.05, 4.69) is 10.1 Å². The van der Waals surface area contributed by atoms with Crippen molar-refractivity contribution in [3.05, 3.63) is 117 Å². The number of rotatable bonds is 6. The van der Waals surface area contributed by atoms with Crippen molar-refractivity contribution < 1.29 is 31.6 Å². The van der Waals surface area contributed by atoms with E-state index in [9.17, 15) is 32.1 Å². The smallest absolute Gasteiger partial charge is 0.406 e. The number of aryl methyl sites for hydroxylation is 2. The Morgan fingerprint density at radius 2 is 1.57 bits per heavy atom. The van der Waals surface area contributed by atoms with Crippen LogP contribution in [0.4, 0.5) is 27.6 Å². The summed E-state index contributed by atoms with van der Waals surface area (Å²) in [6, 6.07) is 14.4. The Balaban J connectivity index is 1.44. The van der Waals surface area contributed by atoms with Crippen molar-refractivity contribution in [2.75, 3.05) is 18.4 Å². The molecule has 3 aromatic rings. The Morgan fingerprint density at radius 1 is 0.975 bits per heavy atom. The Hall–Kier alpha value is -4.15. The zero-order valence-corrected chi connectivity index (χ0v) is 21.3. The van der Waals surface area contributed by atoms with Gasteiger partial charge in [-0.1, -0.05) is 12.1 Å². The summed E-state index contributed by atoms with van der Waals surface area (Å²) in [5, 5.41) is 14.5. The summed E-state index contributed by atoms with van der Waals surface area (Å²) >= 11 is 0. The molecule has 0 radical (unpaired) electrons. The molecule has 5 rings (SSSR count). The van der Waals surface area contributed by atoms with Crippen LogP contribution in [0.15, 0.2) is 72.7 Å². The van der Waals surface area contributed by atoms with Crippen LogP contribution in [0, 0.1) is 27.7 Å². The van der Waals surface area contributed by atoms with E-state index in [1.54, 1.807) is 12.1 Å². The summed E-state index contributed by atoms with van der Waals surface area (Å²) < 4.78 is 69.8. The molecule has 0 aromatic heterocycles. The second kappa shape index (κ2) is 11.1. The van der Waals surface area contributed by atoms with Gasteiger partial charge in [-0.3, -0.25) is 10.1 Å². The number of halogens is 5. The average Bonchev–Trinajstić information content (AvgIpc) is 3.04. The van der Waals surface area contributed by atoms with E-state index in [0.717, 1.165) is 47.0 Å². The molecule has 40 heavy (non-hydrogen) atoms. The van der Waals surface area contributed by atoms with Crippen molar-refractivity contribution in [2.24, 2.45) is 5.92 Å². The summed E-state index contributed by atoms with van der Waals surface area (Å²) in [5.41, 5.74) is 4.00. The molecule has 1 N–H and O–H groups in total. The molecule has 3 aromatic carbocycles. The van der Waals surface area contributed by atoms with Crippen LogP contribution in [0.25, 0.3) is 0 Å². The Bertz CT molecular complexity index is 1370. The van der Waals surface area contributed by atoms with Gasteiger partial charge in [-0.15, -0.1) is 13.2 Å². The third kappa shape index (κ3) is 6.35. The van der Waals surface area contributed by atoms with Crippen molar-refractivity contribution in [2.45, 2.75) is 38.0 Å². The molecule has 2 aliphatic rings. The van der Waals surface area contributed by atoms with Crippen molar-refractivity contribution in [3.8, 4) is 5.75 Å². The highest BCUT2D eigenvalue weighted by Crippen LogP contribution is 2.43. The molecule has 1 aliphatic carbocycles. The molecule has 1 unspecified atom stereocenters. The van der Waals surface area contributed by atoms with Gasteiger partial charge in [0.15, 0.2) is 5.82 Å². The van der Waals surface area contributed by atoms with Crippen LogP contribution in [-0.4, -0.2) is 29.3 Å². The van der Waals surface area contributed by atoms with Crippen LogP contribution in [0.1, 0.15) is 41.0 Å². The third-order valence-corrected chi connectivity index (χ3v) is 7.40. The predicted octanol–water partition coefficient (Wildman–Crippen LogP) is 6.99. The van der Waals surface area contributed by atoms with Gasteiger partial charge >= 0.3 is 6.36 Å². The van der Waals surface area contributed by atoms with Gasteiger partial charge in [-0.25, -0.2) is 8.78 Å². The monoisotopic (exact) mass is 559 g/mol. The standard InChI is InChI=1S/C29H26F5N3O3/c30-21-5-11-25-18(14-21)3-4-19-15-22(31)6-12-26(19)28(25)20-2-1-13-36(16-20)27(17-37(38)39)35-23-7-9-24(10-8-23)40-29(32,33)34/h5-12,14-15,17,20,28,35H,1-4,13,16H2. The number of alkyl halides is 3. The summed E-state index contributed by atoms with van der Waals surface area (Å²) in [7, 11) is 0. The first-order chi connectivity index (χ1) is 19.1. The number of hydrogen-bond donors (Lipinski definition) is 1. The zero-order chi connectivity index (χ0) is 28.4. The summed E-state index contributed by atoms with van der Waals surface area (Å²) in [6.45, 7) is 0.929.